The van der Waals surface area contributed by atoms with Gasteiger partial charge in [0.2, 0.25) is 0 Å². The van der Waals surface area contributed by atoms with Gasteiger partial charge in [0.15, 0.2) is 0 Å². The van der Waals surface area contributed by atoms with Crippen molar-refractivity contribution in [3.8, 4) is 0 Å². The molecule has 0 aliphatic carbocycles. The number of alkyl halides is 1. The molecule has 2 heteroatoms. The Morgan fingerprint density at radius 1 is 1.36 bits per heavy atom. The Hall–Kier alpha value is 0.562. The summed E-state index contributed by atoms with van der Waals surface area (Å²) in [4.78, 5) is 2.47. The van der Waals surface area contributed by atoms with Crippen LogP contribution in [0.3, 0.4) is 0 Å². The van der Waals surface area contributed by atoms with E-state index < -0.39 is 14.1 Å². The molecule has 0 spiro atoms. The molecule has 0 aromatic carbocycles. The van der Waals surface area contributed by atoms with Crippen LogP contribution in [0.25, 0.3) is 0 Å². The molecule has 11 heavy (non-hydrogen) atoms. The fraction of sp³-hybridized carbons (Fsp3) is 0.778. The van der Waals surface area contributed by atoms with Crippen LogP contribution < -0.4 is 0 Å². The molecule has 0 fully saturated rings. The summed E-state index contributed by atoms with van der Waals surface area (Å²) in [6, 6.07) is 0. The summed E-state index contributed by atoms with van der Waals surface area (Å²) in [6.45, 7) is 2.24. The Bertz CT molecular complexity index is 119. The summed E-state index contributed by atoms with van der Waals surface area (Å²) in [7, 11) is 0. The lowest BCUT2D eigenvalue weighted by atomic mass is 10.1. The quantitative estimate of drug-likeness (QED) is 0.351. The van der Waals surface area contributed by atoms with Crippen LogP contribution in [0.2, 0.25) is 11.6 Å². The molecular weight excluding hydrogens is 171 g/mol. The molecule has 0 atom stereocenters. The van der Waals surface area contributed by atoms with Crippen LogP contribution in [-0.4, -0.2) is 20.0 Å². The first-order valence-corrected chi connectivity index (χ1v) is 7.91. The number of allylic oxidation sites excluding steroid dienone is 1. The van der Waals surface area contributed by atoms with Gasteiger partial charge in [0.1, 0.15) is 0 Å². The third kappa shape index (κ3) is 8.47. The fourth-order valence-electron chi connectivity index (χ4n) is 1.15. The highest BCUT2D eigenvalue weighted by molar-refractivity contribution is 6.61. The van der Waals surface area contributed by atoms with E-state index in [0.717, 1.165) is 12.3 Å². The second-order valence-electron chi connectivity index (χ2n) is 3.40. The van der Waals surface area contributed by atoms with Crippen molar-refractivity contribution in [3.63, 3.8) is 0 Å². The average Bonchev–Trinajstić information content (AvgIpc) is 1.86. The SMILES string of the molecule is C/C(=[CH]\[Al]([CH3])[CH3])CCCCCl. The Morgan fingerprint density at radius 2 is 2.00 bits per heavy atom. The van der Waals surface area contributed by atoms with Crippen molar-refractivity contribution < 1.29 is 0 Å². The highest BCUT2D eigenvalue weighted by Gasteiger charge is 1.97. The maximum atomic E-state index is 5.58. The Labute approximate surface area is 80.0 Å². The molecule has 64 valence electrons. The van der Waals surface area contributed by atoms with E-state index in [2.05, 4.69) is 23.4 Å². The van der Waals surface area contributed by atoms with Gasteiger partial charge in [-0.2, -0.15) is 0 Å². The van der Waals surface area contributed by atoms with Crippen molar-refractivity contribution in [1.82, 2.24) is 0 Å². The molecule has 0 bridgehead atoms. The highest BCUT2D eigenvalue weighted by atomic mass is 35.5. The summed E-state index contributed by atoms with van der Waals surface area (Å²) in [5.41, 5.74) is 1.57. The molecular formula is C9H18AlCl. The van der Waals surface area contributed by atoms with E-state index in [0.29, 0.717) is 0 Å². The summed E-state index contributed by atoms with van der Waals surface area (Å²) >= 11 is 5.10. The van der Waals surface area contributed by atoms with E-state index in [9.17, 15) is 0 Å². The van der Waals surface area contributed by atoms with E-state index in [1.807, 2.05) is 0 Å². The van der Waals surface area contributed by atoms with Gasteiger partial charge in [-0.25, -0.2) is 0 Å². The predicted octanol–water partition coefficient (Wildman–Crippen LogP) is 3.64. The third-order valence-corrected chi connectivity index (χ3v) is 3.08. The zero-order valence-corrected chi connectivity index (χ0v) is 9.77. The van der Waals surface area contributed by atoms with E-state index in [1.54, 1.807) is 5.57 Å². The molecule has 0 aliphatic rings. The fourth-order valence-corrected chi connectivity index (χ4v) is 2.64. The molecule has 0 saturated carbocycles. The number of halogens is 1. The van der Waals surface area contributed by atoms with Crippen LogP contribution in [0.1, 0.15) is 26.2 Å². The second-order valence-corrected chi connectivity index (χ2v) is 6.60. The van der Waals surface area contributed by atoms with Crippen molar-refractivity contribution in [1.29, 1.82) is 0 Å². The predicted molar refractivity (Wildman–Crippen MR) is 55.8 cm³/mol. The largest absolute Gasteiger partial charge is 0.288 e. The molecule has 0 aliphatic heterocycles. The standard InChI is InChI=1S/C7H12Cl.2CH3.Al/c1-7(2)5-3-4-6-8;;;/h1H,3-6H2,2H3;2*1H3;. The Kier molecular flexibility index (Phi) is 7.59. The summed E-state index contributed by atoms with van der Waals surface area (Å²) in [6.07, 6.45) is 3.66. The zero-order chi connectivity index (χ0) is 8.69. The monoisotopic (exact) mass is 188 g/mol. The maximum absolute atomic E-state index is 5.58. The molecule has 0 amide bonds. The molecule has 0 radical (unpaired) electrons. The van der Waals surface area contributed by atoms with Gasteiger partial charge in [-0.15, -0.1) is 28.1 Å². The molecule has 0 aromatic rings. The smallest absolute Gasteiger partial charge is 0.146 e. The van der Waals surface area contributed by atoms with E-state index in [-0.39, 0.29) is 0 Å². The zero-order valence-electron chi connectivity index (χ0n) is 7.86. The first-order valence-electron chi connectivity index (χ1n) is 4.40. The topological polar surface area (TPSA) is 0 Å². The molecule has 0 heterocycles. The maximum Gasteiger partial charge on any atom is 0.288 e. The van der Waals surface area contributed by atoms with Crippen molar-refractivity contribution in [2.24, 2.45) is 0 Å². The molecule has 0 aromatic heterocycles. The minimum atomic E-state index is -0.475. The van der Waals surface area contributed by atoms with Gasteiger partial charge in [0, 0.05) is 5.88 Å². The van der Waals surface area contributed by atoms with Crippen LogP contribution in [0.4, 0.5) is 0 Å². The normalized spacial score (nSPS) is 11.8. The van der Waals surface area contributed by atoms with E-state index in [1.165, 1.54) is 12.8 Å². The molecule has 0 saturated heterocycles. The highest BCUT2D eigenvalue weighted by Crippen LogP contribution is 2.07. The van der Waals surface area contributed by atoms with Crippen molar-refractivity contribution in [2.45, 2.75) is 37.8 Å². The number of rotatable bonds is 5. The van der Waals surface area contributed by atoms with E-state index >= 15 is 0 Å². The molecule has 0 nitrogen and oxygen atoms in total. The first-order chi connectivity index (χ1) is 5.16. The average molecular weight is 189 g/mol. The number of unbranched alkanes of at least 4 members (excludes halogenated alkanes) is 1. The van der Waals surface area contributed by atoms with Crippen LogP contribution in [-0.2, 0) is 0 Å². The molecule has 0 N–H and O–H groups in total. The third-order valence-electron chi connectivity index (χ3n) is 1.57. The van der Waals surface area contributed by atoms with Gasteiger partial charge in [-0.1, -0.05) is 5.57 Å². The van der Waals surface area contributed by atoms with E-state index in [4.69, 9.17) is 11.6 Å². The van der Waals surface area contributed by atoms with Crippen LogP contribution >= 0.6 is 11.6 Å². The van der Waals surface area contributed by atoms with Gasteiger partial charge in [-0.3, -0.25) is 0 Å². The van der Waals surface area contributed by atoms with Crippen LogP contribution in [0, 0.1) is 0 Å². The lowest BCUT2D eigenvalue weighted by Crippen LogP contribution is -1.95. The summed E-state index contributed by atoms with van der Waals surface area (Å²) in [5.74, 6) is 5.52. The summed E-state index contributed by atoms with van der Waals surface area (Å²) < 4.78 is 0. The lowest BCUT2D eigenvalue weighted by Gasteiger charge is -1.99. The minimum Gasteiger partial charge on any atom is -0.146 e. The van der Waals surface area contributed by atoms with Crippen LogP contribution in [0.5, 0.6) is 0 Å². The molecule has 0 unspecified atom stereocenters. The Morgan fingerprint density at radius 3 is 2.45 bits per heavy atom. The number of hydrogen-bond acceptors (Lipinski definition) is 0. The number of hydrogen-bond donors (Lipinski definition) is 0. The van der Waals surface area contributed by atoms with Gasteiger partial charge >= 0.3 is 0 Å². The van der Waals surface area contributed by atoms with Crippen molar-refractivity contribution in [2.75, 3.05) is 5.88 Å². The van der Waals surface area contributed by atoms with Gasteiger partial charge in [0.05, 0.1) is 0 Å². The van der Waals surface area contributed by atoms with Crippen molar-refractivity contribution >= 4 is 25.7 Å². The minimum absolute atomic E-state index is 0.475. The lowest BCUT2D eigenvalue weighted by molar-refractivity contribution is 0.793. The second kappa shape index (κ2) is 7.22. The Balaban J connectivity index is 3.43. The van der Waals surface area contributed by atoms with Crippen LogP contribution in [0.15, 0.2) is 10.5 Å². The van der Waals surface area contributed by atoms with Gasteiger partial charge in [-0.05, 0) is 26.2 Å². The van der Waals surface area contributed by atoms with Gasteiger partial charge in [0.25, 0.3) is 14.1 Å². The summed E-state index contributed by atoms with van der Waals surface area (Å²) in [5, 5.41) is 0. The van der Waals surface area contributed by atoms with Gasteiger partial charge < -0.3 is 0 Å². The molecule has 0 rings (SSSR count). The van der Waals surface area contributed by atoms with Crippen molar-refractivity contribution in [3.05, 3.63) is 10.5 Å². The first kappa shape index (κ1) is 11.6.